The summed E-state index contributed by atoms with van der Waals surface area (Å²) in [5.74, 6) is 1.04. The van der Waals surface area contributed by atoms with Gasteiger partial charge in [-0.25, -0.2) is 4.98 Å². The van der Waals surface area contributed by atoms with Gasteiger partial charge in [0.1, 0.15) is 5.82 Å². The average molecular weight is 400 g/mol. The molecule has 5 nitrogen and oxygen atoms in total. The first-order valence-corrected chi connectivity index (χ1v) is 10.4. The second-order valence-electron chi connectivity index (χ2n) is 7.82. The van der Waals surface area contributed by atoms with Gasteiger partial charge in [0.15, 0.2) is 0 Å². The Morgan fingerprint density at radius 3 is 2.37 bits per heavy atom. The van der Waals surface area contributed by atoms with Gasteiger partial charge in [-0.3, -0.25) is 4.68 Å². The van der Waals surface area contributed by atoms with E-state index in [0.29, 0.717) is 0 Å². The highest BCUT2D eigenvalue weighted by Crippen LogP contribution is 2.15. The zero-order chi connectivity index (χ0) is 20.9. The molecule has 0 aliphatic carbocycles. The van der Waals surface area contributed by atoms with Gasteiger partial charge in [0.05, 0.1) is 12.2 Å². The van der Waals surface area contributed by atoms with Gasteiger partial charge >= 0.3 is 0 Å². The van der Waals surface area contributed by atoms with E-state index in [1.807, 2.05) is 25.4 Å². The van der Waals surface area contributed by atoms with E-state index in [-0.39, 0.29) is 0 Å². The summed E-state index contributed by atoms with van der Waals surface area (Å²) in [7, 11) is 0. The van der Waals surface area contributed by atoms with E-state index in [1.54, 1.807) is 0 Å². The van der Waals surface area contributed by atoms with Gasteiger partial charge in [-0.2, -0.15) is 5.10 Å². The normalized spacial score (nSPS) is 11.2. The van der Waals surface area contributed by atoms with Crippen LogP contribution < -0.4 is 5.32 Å². The summed E-state index contributed by atoms with van der Waals surface area (Å²) in [6.45, 7) is 9.60. The van der Waals surface area contributed by atoms with E-state index in [1.165, 1.54) is 27.9 Å². The Hall–Kier alpha value is -3.18. The predicted octanol–water partition coefficient (Wildman–Crippen LogP) is 4.39. The number of aromatic nitrogens is 4. The van der Waals surface area contributed by atoms with Crippen molar-refractivity contribution in [3.05, 3.63) is 106 Å². The second-order valence-corrected chi connectivity index (χ2v) is 7.82. The molecule has 154 valence electrons. The number of hydrogen-bond acceptors (Lipinski definition) is 3. The lowest BCUT2D eigenvalue weighted by Gasteiger charge is -2.10. The van der Waals surface area contributed by atoms with Crippen molar-refractivity contribution in [2.75, 3.05) is 0 Å². The second kappa shape index (κ2) is 9.09. The topological polar surface area (TPSA) is 47.7 Å². The standard InChI is InChI=1S/C25H29N5/c1-19-25(20(2)30(28-19)18-22-8-5-4-6-9-22)16-26-15-23-10-7-11-24(14-23)17-29-13-12-27-21(29)3/h4-14,26H,15-18H2,1-3H3. The molecule has 0 bridgehead atoms. The molecule has 0 aliphatic heterocycles. The maximum Gasteiger partial charge on any atom is 0.105 e. The smallest absolute Gasteiger partial charge is 0.105 e. The number of imidazole rings is 1. The van der Waals surface area contributed by atoms with Crippen LogP contribution in [0.4, 0.5) is 0 Å². The molecule has 5 heteroatoms. The summed E-state index contributed by atoms with van der Waals surface area (Å²) < 4.78 is 4.27. The van der Waals surface area contributed by atoms with E-state index in [4.69, 9.17) is 5.10 Å². The van der Waals surface area contributed by atoms with Crippen LogP contribution in [0.2, 0.25) is 0 Å². The zero-order valence-corrected chi connectivity index (χ0v) is 18.0. The molecule has 4 aromatic rings. The number of nitrogens with one attached hydrogen (secondary N) is 1. The highest BCUT2D eigenvalue weighted by Gasteiger charge is 2.11. The molecule has 1 N–H and O–H groups in total. The maximum atomic E-state index is 4.76. The van der Waals surface area contributed by atoms with Gasteiger partial charge in [0.25, 0.3) is 0 Å². The molecule has 0 unspecified atom stereocenters. The van der Waals surface area contributed by atoms with E-state index in [9.17, 15) is 0 Å². The fourth-order valence-corrected chi connectivity index (χ4v) is 3.84. The Bertz CT molecular complexity index is 1110. The van der Waals surface area contributed by atoms with Crippen LogP contribution in [0.25, 0.3) is 0 Å². The molecule has 2 aromatic carbocycles. The lowest BCUT2D eigenvalue weighted by atomic mass is 10.1. The van der Waals surface area contributed by atoms with Crippen molar-refractivity contribution in [3.63, 3.8) is 0 Å². The van der Waals surface area contributed by atoms with Crippen molar-refractivity contribution >= 4 is 0 Å². The van der Waals surface area contributed by atoms with Crippen LogP contribution in [-0.2, 0) is 26.2 Å². The first kappa shape index (κ1) is 20.1. The largest absolute Gasteiger partial charge is 0.331 e. The van der Waals surface area contributed by atoms with Gasteiger partial charge in [0.2, 0.25) is 0 Å². The Kier molecular flexibility index (Phi) is 6.10. The third-order valence-corrected chi connectivity index (χ3v) is 5.61. The Morgan fingerprint density at radius 2 is 1.60 bits per heavy atom. The first-order valence-electron chi connectivity index (χ1n) is 10.4. The molecule has 0 saturated carbocycles. The van der Waals surface area contributed by atoms with Crippen LogP contribution in [0.15, 0.2) is 67.0 Å². The molecule has 2 aromatic heterocycles. The third-order valence-electron chi connectivity index (χ3n) is 5.61. The van der Waals surface area contributed by atoms with Gasteiger partial charge in [-0.05, 0) is 37.5 Å². The van der Waals surface area contributed by atoms with Crippen molar-refractivity contribution in [3.8, 4) is 0 Å². The molecule has 0 atom stereocenters. The van der Waals surface area contributed by atoms with Crippen molar-refractivity contribution in [2.45, 2.75) is 47.0 Å². The monoisotopic (exact) mass is 399 g/mol. The third kappa shape index (κ3) is 4.69. The summed E-state index contributed by atoms with van der Waals surface area (Å²) in [5, 5.41) is 8.37. The minimum absolute atomic E-state index is 0.809. The lowest BCUT2D eigenvalue weighted by Crippen LogP contribution is -2.14. The summed E-state index contributed by atoms with van der Waals surface area (Å²) in [6.07, 6.45) is 3.88. The summed E-state index contributed by atoms with van der Waals surface area (Å²) in [5.41, 5.74) is 7.47. The van der Waals surface area contributed by atoms with Gasteiger partial charge in [0, 0.05) is 43.3 Å². The van der Waals surface area contributed by atoms with E-state index < -0.39 is 0 Å². The zero-order valence-electron chi connectivity index (χ0n) is 18.0. The molecule has 0 radical (unpaired) electrons. The lowest BCUT2D eigenvalue weighted by molar-refractivity contribution is 0.652. The number of hydrogen-bond donors (Lipinski definition) is 1. The highest BCUT2D eigenvalue weighted by atomic mass is 15.3. The minimum atomic E-state index is 0.809. The minimum Gasteiger partial charge on any atom is -0.331 e. The fraction of sp³-hybridized carbons (Fsp3) is 0.280. The molecule has 0 fully saturated rings. The van der Waals surface area contributed by atoms with E-state index in [0.717, 1.165) is 37.7 Å². The summed E-state index contributed by atoms with van der Waals surface area (Å²) >= 11 is 0. The predicted molar refractivity (Wildman–Crippen MR) is 120 cm³/mol. The average Bonchev–Trinajstić information content (AvgIpc) is 3.26. The molecule has 30 heavy (non-hydrogen) atoms. The Balaban J connectivity index is 1.37. The van der Waals surface area contributed by atoms with Crippen LogP contribution >= 0.6 is 0 Å². The van der Waals surface area contributed by atoms with Crippen LogP contribution in [0.1, 0.15) is 39.5 Å². The van der Waals surface area contributed by atoms with Crippen molar-refractivity contribution in [1.82, 2.24) is 24.6 Å². The molecule has 0 amide bonds. The molecule has 0 aliphatic rings. The Morgan fingerprint density at radius 1 is 0.833 bits per heavy atom. The molecule has 4 rings (SSSR count). The van der Waals surface area contributed by atoms with Crippen molar-refractivity contribution in [2.24, 2.45) is 0 Å². The van der Waals surface area contributed by atoms with Crippen LogP contribution in [-0.4, -0.2) is 19.3 Å². The van der Waals surface area contributed by atoms with Crippen LogP contribution in [0.5, 0.6) is 0 Å². The van der Waals surface area contributed by atoms with Crippen molar-refractivity contribution in [1.29, 1.82) is 0 Å². The SMILES string of the molecule is Cc1nn(Cc2ccccc2)c(C)c1CNCc1cccc(Cn2ccnc2C)c1. The van der Waals surface area contributed by atoms with Gasteiger partial charge in [-0.15, -0.1) is 0 Å². The quantitative estimate of drug-likeness (QED) is 0.478. The van der Waals surface area contributed by atoms with Crippen molar-refractivity contribution < 1.29 is 0 Å². The van der Waals surface area contributed by atoms with E-state index >= 15 is 0 Å². The number of nitrogens with zero attached hydrogens (tertiary/aromatic N) is 4. The highest BCUT2D eigenvalue weighted by molar-refractivity contribution is 5.27. The molecule has 2 heterocycles. The van der Waals surface area contributed by atoms with Crippen LogP contribution in [0, 0.1) is 20.8 Å². The summed E-state index contributed by atoms with van der Waals surface area (Å²) in [6, 6.07) is 19.2. The molecular formula is C25H29N5. The molecule has 0 saturated heterocycles. The Labute approximate surface area is 178 Å². The molecule has 0 spiro atoms. The molecular weight excluding hydrogens is 370 g/mol. The number of rotatable bonds is 8. The number of aryl methyl sites for hydroxylation is 2. The number of benzene rings is 2. The first-order chi connectivity index (χ1) is 14.6. The van der Waals surface area contributed by atoms with Crippen LogP contribution in [0.3, 0.4) is 0 Å². The van der Waals surface area contributed by atoms with E-state index in [2.05, 4.69) is 81.9 Å². The van der Waals surface area contributed by atoms with Gasteiger partial charge in [-0.1, -0.05) is 54.6 Å². The summed E-state index contributed by atoms with van der Waals surface area (Å²) in [4.78, 5) is 4.31. The maximum absolute atomic E-state index is 4.76. The van der Waals surface area contributed by atoms with Gasteiger partial charge < -0.3 is 9.88 Å². The fourth-order valence-electron chi connectivity index (χ4n) is 3.84.